The molecule has 2 N–H and O–H groups in total. The third kappa shape index (κ3) is 2.68. The summed E-state index contributed by atoms with van der Waals surface area (Å²) >= 11 is 6.21. The van der Waals surface area contributed by atoms with Crippen LogP contribution in [0.4, 0.5) is 0 Å². The molecule has 0 aliphatic rings. The molecule has 6 heteroatoms. The molecule has 3 rings (SSSR count). The molecule has 0 amide bonds. The van der Waals surface area contributed by atoms with Gasteiger partial charge >= 0.3 is 0 Å². The zero-order valence-electron chi connectivity index (χ0n) is 11.0. The molecule has 1 aromatic heterocycles. The third-order valence-corrected chi connectivity index (χ3v) is 4.16. The van der Waals surface area contributed by atoms with Crippen molar-refractivity contribution in [3.63, 3.8) is 0 Å². The average Bonchev–Trinajstić information content (AvgIpc) is 2.83. The number of hydrogen-bond acceptors (Lipinski definition) is 4. The predicted octanol–water partition coefficient (Wildman–Crippen LogP) is 2.72. The Kier molecular flexibility index (Phi) is 3.72. The summed E-state index contributed by atoms with van der Waals surface area (Å²) in [7, 11) is 0. The second-order valence-electron chi connectivity index (χ2n) is 4.41. The summed E-state index contributed by atoms with van der Waals surface area (Å²) in [5.41, 5.74) is 6.10. The van der Waals surface area contributed by atoms with Crippen molar-refractivity contribution in [2.75, 3.05) is 6.61 Å². The van der Waals surface area contributed by atoms with Crippen LogP contribution in [0.15, 0.2) is 53.3 Å². The number of nitrogens with zero attached hydrogens (tertiary/aromatic N) is 1. The Balaban J connectivity index is 2.12. The van der Waals surface area contributed by atoms with Gasteiger partial charge < -0.3 is 10.5 Å². The number of fused-ring (bicyclic) bond motifs is 1. The number of ether oxygens (including phenoxy) is 1. The van der Waals surface area contributed by atoms with E-state index in [0.717, 1.165) is 4.70 Å². The first-order chi connectivity index (χ1) is 10.2. The van der Waals surface area contributed by atoms with Crippen molar-refractivity contribution in [1.82, 2.24) is 3.96 Å². The Morgan fingerprint density at radius 2 is 1.90 bits per heavy atom. The molecule has 0 radical (unpaired) electrons. The molecule has 4 nitrogen and oxygen atoms in total. The minimum Gasteiger partial charge on any atom is -0.484 e. The Morgan fingerprint density at radius 3 is 2.67 bits per heavy atom. The fraction of sp³-hybridized carbons (Fsp3) is 0.0667. The van der Waals surface area contributed by atoms with Crippen molar-refractivity contribution in [2.45, 2.75) is 0 Å². The number of hydrogen-bond donors (Lipinski definition) is 1. The maximum Gasteiger partial charge on any atom is 0.273 e. The number of para-hydroxylation sites is 2. The minimum atomic E-state index is -0.0537. The highest BCUT2D eigenvalue weighted by atomic mass is 32.1. The predicted molar refractivity (Wildman–Crippen MR) is 89.7 cm³/mol. The number of rotatable bonds is 4. The van der Waals surface area contributed by atoms with E-state index in [1.807, 2.05) is 42.5 Å². The number of benzene rings is 2. The molecule has 0 spiro atoms. The topological polar surface area (TPSA) is 57.2 Å². The van der Waals surface area contributed by atoms with E-state index in [4.69, 9.17) is 22.7 Å². The van der Waals surface area contributed by atoms with Crippen LogP contribution in [-0.2, 0) is 0 Å². The highest BCUT2D eigenvalue weighted by Gasteiger charge is 2.12. The Morgan fingerprint density at radius 1 is 1.19 bits per heavy atom. The van der Waals surface area contributed by atoms with E-state index < -0.39 is 0 Å². The first kappa shape index (κ1) is 13.8. The summed E-state index contributed by atoms with van der Waals surface area (Å²) < 4.78 is 8.15. The van der Waals surface area contributed by atoms with E-state index in [2.05, 4.69) is 0 Å². The standard InChI is InChI=1S/C15H12N2O2S2/c16-14(20)9-19-12-7-3-2-6-11(12)17-15(18)10-5-1-4-8-13(10)21-17/h1-8H,9H2,(H2,16,20). The van der Waals surface area contributed by atoms with E-state index in [0.29, 0.717) is 16.8 Å². The van der Waals surface area contributed by atoms with Crippen LogP contribution in [0.2, 0.25) is 0 Å². The van der Waals surface area contributed by atoms with Gasteiger partial charge in [-0.1, -0.05) is 48.0 Å². The van der Waals surface area contributed by atoms with Crippen LogP contribution in [-0.4, -0.2) is 15.6 Å². The lowest BCUT2D eigenvalue weighted by molar-refractivity contribution is 0.376. The fourth-order valence-electron chi connectivity index (χ4n) is 2.03. The van der Waals surface area contributed by atoms with E-state index in [9.17, 15) is 4.79 Å². The van der Waals surface area contributed by atoms with Crippen molar-refractivity contribution in [3.05, 3.63) is 58.9 Å². The largest absolute Gasteiger partial charge is 0.484 e. The molecule has 0 bridgehead atoms. The molecule has 1 heterocycles. The van der Waals surface area contributed by atoms with Gasteiger partial charge in [-0.15, -0.1) is 0 Å². The maximum atomic E-state index is 12.5. The van der Waals surface area contributed by atoms with Gasteiger partial charge in [0.05, 0.1) is 10.1 Å². The van der Waals surface area contributed by atoms with Crippen LogP contribution >= 0.6 is 23.8 Å². The van der Waals surface area contributed by atoms with Crippen LogP contribution in [0.1, 0.15) is 0 Å². The van der Waals surface area contributed by atoms with Crippen molar-refractivity contribution < 1.29 is 4.74 Å². The summed E-state index contributed by atoms with van der Waals surface area (Å²) in [6, 6.07) is 14.9. The van der Waals surface area contributed by atoms with Gasteiger partial charge in [0, 0.05) is 0 Å². The number of nitrogens with two attached hydrogens (primary N) is 1. The molecule has 0 atom stereocenters. The van der Waals surface area contributed by atoms with Gasteiger partial charge in [0.1, 0.15) is 23.0 Å². The summed E-state index contributed by atoms with van der Waals surface area (Å²) in [4.78, 5) is 12.8. The molecule has 0 fully saturated rings. The molecule has 0 aliphatic heterocycles. The summed E-state index contributed by atoms with van der Waals surface area (Å²) in [5.74, 6) is 0.582. The lowest BCUT2D eigenvalue weighted by Gasteiger charge is -2.10. The number of aromatic nitrogens is 1. The molecule has 21 heavy (non-hydrogen) atoms. The van der Waals surface area contributed by atoms with Gasteiger partial charge in [-0.05, 0) is 24.3 Å². The molecule has 0 unspecified atom stereocenters. The Bertz CT molecular complexity index is 867. The Labute approximate surface area is 130 Å². The van der Waals surface area contributed by atoms with Crippen molar-refractivity contribution in [3.8, 4) is 11.4 Å². The molecular weight excluding hydrogens is 304 g/mol. The molecule has 0 aliphatic carbocycles. The van der Waals surface area contributed by atoms with Crippen molar-refractivity contribution >= 4 is 38.8 Å². The summed E-state index contributed by atoms with van der Waals surface area (Å²) in [6.45, 7) is 0.145. The van der Waals surface area contributed by atoms with Crippen LogP contribution < -0.4 is 16.0 Å². The lowest BCUT2D eigenvalue weighted by Crippen LogP contribution is -2.19. The smallest absolute Gasteiger partial charge is 0.273 e. The monoisotopic (exact) mass is 316 g/mol. The quantitative estimate of drug-likeness (QED) is 0.752. The summed E-state index contributed by atoms with van der Waals surface area (Å²) in [6.07, 6.45) is 0. The Hall–Kier alpha value is -2.18. The normalized spacial score (nSPS) is 10.7. The number of thiocarbonyl (C=S) groups is 1. The average molecular weight is 316 g/mol. The van der Waals surface area contributed by atoms with Gasteiger partial charge in [-0.3, -0.25) is 4.79 Å². The minimum absolute atomic E-state index is 0.0537. The van der Waals surface area contributed by atoms with Crippen LogP contribution in [0, 0.1) is 0 Å². The molecule has 2 aromatic carbocycles. The van der Waals surface area contributed by atoms with E-state index in [-0.39, 0.29) is 17.2 Å². The zero-order chi connectivity index (χ0) is 14.8. The van der Waals surface area contributed by atoms with Gasteiger partial charge in [0.15, 0.2) is 0 Å². The van der Waals surface area contributed by atoms with Gasteiger partial charge in [-0.2, -0.15) is 0 Å². The molecule has 106 valence electrons. The summed E-state index contributed by atoms with van der Waals surface area (Å²) in [5, 5.41) is 0.701. The van der Waals surface area contributed by atoms with Crippen molar-refractivity contribution in [1.29, 1.82) is 0 Å². The fourth-order valence-corrected chi connectivity index (χ4v) is 3.11. The third-order valence-electron chi connectivity index (χ3n) is 2.95. The first-order valence-electron chi connectivity index (χ1n) is 6.28. The highest BCUT2D eigenvalue weighted by molar-refractivity contribution is 7.80. The molecule has 0 saturated heterocycles. The van der Waals surface area contributed by atoms with E-state index >= 15 is 0 Å². The molecular formula is C15H12N2O2S2. The molecule has 0 saturated carbocycles. The van der Waals surface area contributed by atoms with Crippen LogP contribution in [0.3, 0.4) is 0 Å². The van der Waals surface area contributed by atoms with Crippen molar-refractivity contribution in [2.24, 2.45) is 5.73 Å². The van der Waals surface area contributed by atoms with E-state index in [1.54, 1.807) is 10.0 Å². The van der Waals surface area contributed by atoms with Gasteiger partial charge in [-0.25, -0.2) is 3.96 Å². The lowest BCUT2D eigenvalue weighted by atomic mass is 10.2. The maximum absolute atomic E-state index is 12.5. The second kappa shape index (κ2) is 5.67. The van der Waals surface area contributed by atoms with Crippen LogP contribution in [0.5, 0.6) is 5.75 Å². The molecule has 3 aromatic rings. The zero-order valence-corrected chi connectivity index (χ0v) is 12.6. The second-order valence-corrected chi connectivity index (χ2v) is 5.92. The van der Waals surface area contributed by atoms with E-state index in [1.165, 1.54) is 11.5 Å². The first-order valence-corrected chi connectivity index (χ1v) is 7.46. The van der Waals surface area contributed by atoms with Gasteiger partial charge in [0.2, 0.25) is 0 Å². The SMILES string of the molecule is NC(=S)COc1ccccc1-n1sc2ccccc2c1=O. The van der Waals surface area contributed by atoms with Crippen LogP contribution in [0.25, 0.3) is 15.8 Å². The highest BCUT2D eigenvalue weighted by Crippen LogP contribution is 2.26. The van der Waals surface area contributed by atoms with Gasteiger partial charge in [0.25, 0.3) is 5.56 Å².